The van der Waals surface area contributed by atoms with Gasteiger partial charge in [-0.15, -0.1) is 0 Å². The molecule has 1 atom stereocenters. The van der Waals surface area contributed by atoms with Crippen LogP contribution in [0.15, 0.2) is 0 Å². The van der Waals surface area contributed by atoms with Gasteiger partial charge in [-0.1, -0.05) is 20.3 Å². The van der Waals surface area contributed by atoms with Crippen molar-refractivity contribution >= 4 is 5.97 Å². The topological polar surface area (TPSA) is 66.6 Å². The minimum absolute atomic E-state index is 0.349. The molecule has 19 heavy (non-hydrogen) atoms. The number of aliphatic carboxylic acids is 1. The first-order valence-corrected chi connectivity index (χ1v) is 7.52. The van der Waals surface area contributed by atoms with Crippen molar-refractivity contribution in [3.63, 3.8) is 0 Å². The second kappa shape index (κ2) is 7.25. The smallest absolute Gasteiger partial charge is 0.320 e. The van der Waals surface area contributed by atoms with Gasteiger partial charge in [-0.2, -0.15) is 0 Å². The van der Waals surface area contributed by atoms with Crippen molar-refractivity contribution in [3.05, 3.63) is 0 Å². The Bertz CT molecular complexity index is 282. The van der Waals surface area contributed by atoms with Crippen LogP contribution in [0.25, 0.3) is 0 Å². The van der Waals surface area contributed by atoms with Gasteiger partial charge >= 0.3 is 5.97 Å². The highest BCUT2D eigenvalue weighted by Gasteiger charge is 2.33. The van der Waals surface area contributed by atoms with E-state index in [9.17, 15) is 9.90 Å². The van der Waals surface area contributed by atoms with Crippen molar-refractivity contribution in [3.8, 4) is 0 Å². The molecule has 0 spiro atoms. The average molecular weight is 270 g/mol. The molecule has 0 heterocycles. The summed E-state index contributed by atoms with van der Waals surface area (Å²) in [6.07, 6.45) is 7.14. The van der Waals surface area contributed by atoms with E-state index in [1.807, 2.05) is 7.05 Å². The predicted molar refractivity (Wildman–Crippen MR) is 78.1 cm³/mol. The third kappa shape index (κ3) is 5.11. The lowest BCUT2D eigenvalue weighted by Gasteiger charge is -2.40. The molecule has 1 aliphatic rings. The molecule has 1 unspecified atom stereocenters. The van der Waals surface area contributed by atoms with Crippen LogP contribution in [0, 0.1) is 5.41 Å². The summed E-state index contributed by atoms with van der Waals surface area (Å²) in [5.41, 5.74) is 5.90. The molecule has 0 bridgehead atoms. The highest BCUT2D eigenvalue weighted by molar-refractivity contribution is 5.73. The normalized spacial score (nSPS) is 21.5. The first-order chi connectivity index (χ1) is 8.87. The fraction of sp³-hybridized carbons (Fsp3) is 0.933. The summed E-state index contributed by atoms with van der Waals surface area (Å²) in [5.74, 6) is -0.690. The molecule has 0 aliphatic heterocycles. The maximum absolute atomic E-state index is 11.4. The number of hydrogen-bond acceptors (Lipinski definition) is 3. The number of carboxylic acid groups (broad SMARTS) is 1. The Hall–Kier alpha value is -0.610. The number of nitrogens with zero attached hydrogens (tertiary/aromatic N) is 1. The number of unbranched alkanes of at least 4 members (excludes halogenated alkanes) is 1. The zero-order chi connectivity index (χ0) is 14.5. The highest BCUT2D eigenvalue weighted by atomic mass is 16.4. The minimum Gasteiger partial charge on any atom is -0.480 e. The van der Waals surface area contributed by atoms with Gasteiger partial charge in [0, 0.05) is 6.04 Å². The van der Waals surface area contributed by atoms with Gasteiger partial charge in [-0.05, 0) is 57.5 Å². The standard InChI is InChI=1S/C15H30N2O2/c1-15(2)9-7-12(8-10-15)17(3)13(14(18)19)6-4-5-11-16/h12-13H,4-11,16H2,1-3H3,(H,18,19). The van der Waals surface area contributed by atoms with E-state index in [0.29, 0.717) is 24.4 Å². The Balaban J connectivity index is 2.52. The van der Waals surface area contributed by atoms with Crippen LogP contribution in [0.2, 0.25) is 0 Å². The van der Waals surface area contributed by atoms with Gasteiger partial charge in [0.05, 0.1) is 0 Å². The highest BCUT2D eigenvalue weighted by Crippen LogP contribution is 2.37. The van der Waals surface area contributed by atoms with E-state index in [-0.39, 0.29) is 6.04 Å². The van der Waals surface area contributed by atoms with Gasteiger partial charge in [0.25, 0.3) is 0 Å². The quantitative estimate of drug-likeness (QED) is 0.697. The molecule has 0 aromatic carbocycles. The molecule has 1 fully saturated rings. The summed E-state index contributed by atoms with van der Waals surface area (Å²) >= 11 is 0. The molecular weight excluding hydrogens is 240 g/mol. The zero-order valence-corrected chi connectivity index (χ0v) is 12.7. The minimum atomic E-state index is -0.690. The van der Waals surface area contributed by atoms with E-state index in [0.717, 1.165) is 25.7 Å². The molecule has 1 aliphatic carbocycles. The Kier molecular flexibility index (Phi) is 6.27. The van der Waals surface area contributed by atoms with Crippen molar-refractivity contribution < 1.29 is 9.90 Å². The van der Waals surface area contributed by atoms with E-state index >= 15 is 0 Å². The van der Waals surface area contributed by atoms with E-state index < -0.39 is 5.97 Å². The third-order valence-corrected chi connectivity index (χ3v) is 4.59. The molecule has 0 aromatic heterocycles. The molecule has 112 valence electrons. The summed E-state index contributed by atoms with van der Waals surface area (Å²) in [5, 5.41) is 9.40. The molecule has 3 N–H and O–H groups in total. The monoisotopic (exact) mass is 270 g/mol. The molecule has 0 radical (unpaired) electrons. The molecular formula is C15H30N2O2. The second-order valence-corrected chi connectivity index (χ2v) is 6.70. The Morgan fingerprint density at radius 2 is 1.95 bits per heavy atom. The molecule has 1 saturated carbocycles. The summed E-state index contributed by atoms with van der Waals surface area (Å²) in [6, 6.07) is 0.0739. The van der Waals surface area contributed by atoms with Crippen LogP contribution >= 0.6 is 0 Å². The van der Waals surface area contributed by atoms with Gasteiger partial charge in [0.1, 0.15) is 6.04 Å². The van der Waals surface area contributed by atoms with Crippen LogP contribution in [0.4, 0.5) is 0 Å². The van der Waals surface area contributed by atoms with Crippen LogP contribution in [-0.2, 0) is 4.79 Å². The molecule has 1 rings (SSSR count). The number of rotatable bonds is 7. The van der Waals surface area contributed by atoms with Gasteiger partial charge in [0.2, 0.25) is 0 Å². The maximum Gasteiger partial charge on any atom is 0.320 e. The van der Waals surface area contributed by atoms with Gasteiger partial charge in [-0.25, -0.2) is 0 Å². The number of carboxylic acids is 1. The van der Waals surface area contributed by atoms with Crippen LogP contribution < -0.4 is 5.73 Å². The van der Waals surface area contributed by atoms with Gasteiger partial charge in [-0.3, -0.25) is 9.69 Å². The molecule has 0 aromatic rings. The zero-order valence-electron chi connectivity index (χ0n) is 12.7. The van der Waals surface area contributed by atoms with Crippen molar-refractivity contribution in [1.29, 1.82) is 0 Å². The van der Waals surface area contributed by atoms with Crippen molar-refractivity contribution in [2.45, 2.75) is 70.9 Å². The first-order valence-electron chi connectivity index (χ1n) is 7.52. The number of nitrogens with two attached hydrogens (primary N) is 1. The fourth-order valence-corrected chi connectivity index (χ4v) is 3.03. The third-order valence-electron chi connectivity index (χ3n) is 4.59. The average Bonchev–Trinajstić information content (AvgIpc) is 2.33. The SMILES string of the molecule is CN(C1CCC(C)(C)CC1)C(CCCCN)C(=O)O. The van der Waals surface area contributed by atoms with Crippen LogP contribution in [0.1, 0.15) is 58.8 Å². The van der Waals surface area contributed by atoms with Gasteiger partial charge < -0.3 is 10.8 Å². The summed E-state index contributed by atoms with van der Waals surface area (Å²) < 4.78 is 0. The van der Waals surface area contributed by atoms with E-state index in [2.05, 4.69) is 18.7 Å². The Labute approximate surface area is 117 Å². The summed E-state index contributed by atoms with van der Waals surface area (Å²) in [4.78, 5) is 13.5. The largest absolute Gasteiger partial charge is 0.480 e. The maximum atomic E-state index is 11.4. The summed E-state index contributed by atoms with van der Waals surface area (Å²) in [7, 11) is 1.98. The number of carbonyl (C=O) groups is 1. The van der Waals surface area contributed by atoms with Gasteiger partial charge in [0.15, 0.2) is 0 Å². The number of hydrogen-bond donors (Lipinski definition) is 2. The van der Waals surface area contributed by atoms with Crippen LogP contribution in [0.5, 0.6) is 0 Å². The van der Waals surface area contributed by atoms with Crippen molar-refractivity contribution in [2.75, 3.05) is 13.6 Å². The summed E-state index contributed by atoms with van der Waals surface area (Å²) in [6.45, 7) is 5.26. The van der Waals surface area contributed by atoms with Crippen LogP contribution in [0.3, 0.4) is 0 Å². The molecule has 0 saturated heterocycles. The Morgan fingerprint density at radius 3 is 2.42 bits per heavy atom. The fourth-order valence-electron chi connectivity index (χ4n) is 3.03. The molecule has 4 nitrogen and oxygen atoms in total. The second-order valence-electron chi connectivity index (χ2n) is 6.70. The van der Waals surface area contributed by atoms with E-state index in [1.165, 1.54) is 12.8 Å². The molecule has 0 amide bonds. The van der Waals surface area contributed by atoms with Crippen LogP contribution in [-0.4, -0.2) is 41.7 Å². The van der Waals surface area contributed by atoms with Crippen molar-refractivity contribution in [1.82, 2.24) is 4.90 Å². The lowest BCUT2D eigenvalue weighted by Crippen LogP contribution is -2.47. The Morgan fingerprint density at radius 1 is 1.37 bits per heavy atom. The molecule has 4 heteroatoms. The van der Waals surface area contributed by atoms with E-state index in [4.69, 9.17) is 5.73 Å². The predicted octanol–water partition coefficient (Wildman–Crippen LogP) is 2.47. The van der Waals surface area contributed by atoms with Crippen molar-refractivity contribution in [2.24, 2.45) is 11.1 Å². The lowest BCUT2D eigenvalue weighted by molar-refractivity contribution is -0.144. The number of likely N-dealkylation sites (N-methyl/N-ethyl adjacent to an activating group) is 1. The lowest BCUT2D eigenvalue weighted by atomic mass is 9.75. The first kappa shape index (κ1) is 16.4. The van der Waals surface area contributed by atoms with E-state index in [1.54, 1.807) is 0 Å².